The van der Waals surface area contributed by atoms with E-state index in [4.69, 9.17) is 11.6 Å². The van der Waals surface area contributed by atoms with Crippen molar-refractivity contribution in [3.8, 4) is 11.3 Å². The van der Waals surface area contributed by atoms with Gasteiger partial charge < -0.3 is 0 Å². The van der Waals surface area contributed by atoms with Gasteiger partial charge in [0.15, 0.2) is 0 Å². The van der Waals surface area contributed by atoms with Gasteiger partial charge >= 0.3 is 0 Å². The molecule has 9 heteroatoms. The van der Waals surface area contributed by atoms with Crippen molar-refractivity contribution in [1.29, 1.82) is 0 Å². The number of rotatable bonds is 5. The Hall–Kier alpha value is -2.56. The summed E-state index contributed by atoms with van der Waals surface area (Å²) in [6, 6.07) is 18.8. The van der Waals surface area contributed by atoms with Crippen LogP contribution in [-0.2, 0) is 10.0 Å². The Labute approximate surface area is 191 Å². The molecule has 0 saturated carbocycles. The maximum atomic E-state index is 12.8. The number of nitrogens with zero attached hydrogens (tertiary/aromatic N) is 2. The van der Waals surface area contributed by atoms with Crippen molar-refractivity contribution in [3.63, 3.8) is 0 Å². The summed E-state index contributed by atoms with van der Waals surface area (Å²) >= 11 is 8.24. The van der Waals surface area contributed by atoms with E-state index in [2.05, 4.69) is 37.5 Å². The van der Waals surface area contributed by atoms with Gasteiger partial charge in [-0.1, -0.05) is 35.9 Å². The molecule has 0 spiro atoms. The van der Waals surface area contributed by atoms with Crippen molar-refractivity contribution in [2.24, 2.45) is 5.18 Å². The van der Waals surface area contributed by atoms with Gasteiger partial charge in [-0.3, -0.25) is 9.71 Å². The summed E-state index contributed by atoms with van der Waals surface area (Å²) in [5.41, 5.74) is 1.99. The average molecular weight is 550 g/mol. The van der Waals surface area contributed by atoms with Crippen molar-refractivity contribution in [3.05, 3.63) is 86.4 Å². The van der Waals surface area contributed by atoms with Crippen LogP contribution in [0.25, 0.3) is 22.0 Å². The first kappa shape index (κ1) is 20.7. The lowest BCUT2D eigenvalue weighted by Gasteiger charge is -2.13. The minimum Gasteiger partial charge on any atom is -0.280 e. The topological polar surface area (TPSA) is 88.5 Å². The molecule has 0 bridgehead atoms. The molecule has 1 heterocycles. The van der Waals surface area contributed by atoms with Gasteiger partial charge in [-0.05, 0) is 75.6 Å². The molecule has 150 valence electrons. The van der Waals surface area contributed by atoms with Gasteiger partial charge in [0.1, 0.15) is 10.6 Å². The lowest BCUT2D eigenvalue weighted by atomic mass is 10.0. The summed E-state index contributed by atoms with van der Waals surface area (Å²) in [6.45, 7) is 0. The minimum absolute atomic E-state index is 0.0533. The third kappa shape index (κ3) is 4.03. The first-order valence-electron chi connectivity index (χ1n) is 8.68. The maximum Gasteiger partial charge on any atom is 0.263 e. The molecule has 0 unspecified atom stereocenters. The van der Waals surface area contributed by atoms with E-state index < -0.39 is 10.0 Å². The number of fused-ring (bicyclic) bond motifs is 1. The van der Waals surface area contributed by atoms with Crippen molar-refractivity contribution < 1.29 is 8.42 Å². The Morgan fingerprint density at radius 2 is 1.80 bits per heavy atom. The highest BCUT2D eigenvalue weighted by Gasteiger charge is 2.20. The van der Waals surface area contributed by atoms with E-state index in [1.807, 2.05) is 36.4 Å². The van der Waals surface area contributed by atoms with E-state index in [9.17, 15) is 13.3 Å². The van der Waals surface area contributed by atoms with Gasteiger partial charge in [-0.2, -0.15) is 0 Å². The number of nitrogens with one attached hydrogen (secondary N) is 1. The number of benzene rings is 3. The van der Waals surface area contributed by atoms with Gasteiger partial charge in [-0.25, -0.2) is 8.42 Å². The summed E-state index contributed by atoms with van der Waals surface area (Å²) in [5.74, 6) is 0. The molecule has 4 rings (SSSR count). The molecule has 30 heavy (non-hydrogen) atoms. The van der Waals surface area contributed by atoms with Crippen LogP contribution in [0.2, 0.25) is 5.02 Å². The zero-order chi connectivity index (χ0) is 21.3. The molecule has 1 aromatic heterocycles. The lowest BCUT2D eigenvalue weighted by molar-refractivity contribution is 0.601. The van der Waals surface area contributed by atoms with Crippen molar-refractivity contribution in [2.45, 2.75) is 4.90 Å². The second kappa shape index (κ2) is 8.29. The smallest absolute Gasteiger partial charge is 0.263 e. The number of nitroso groups, excluding NO2 is 1. The molecule has 3 aromatic carbocycles. The first-order valence-corrected chi connectivity index (χ1v) is 11.6. The van der Waals surface area contributed by atoms with Crippen LogP contribution in [0, 0.1) is 8.48 Å². The van der Waals surface area contributed by atoms with E-state index in [-0.39, 0.29) is 15.6 Å². The van der Waals surface area contributed by atoms with Crippen LogP contribution in [0.3, 0.4) is 0 Å². The number of sulfonamides is 1. The molecule has 4 aromatic rings. The van der Waals surface area contributed by atoms with Crippen LogP contribution in [0.4, 0.5) is 11.4 Å². The Morgan fingerprint density at radius 1 is 1.00 bits per heavy atom. The molecule has 0 saturated heterocycles. The van der Waals surface area contributed by atoms with Crippen LogP contribution in [0.5, 0.6) is 0 Å². The van der Waals surface area contributed by atoms with Gasteiger partial charge in [0.05, 0.1) is 10.7 Å². The van der Waals surface area contributed by atoms with Crippen LogP contribution >= 0.6 is 34.2 Å². The number of hydrogen-bond acceptors (Lipinski definition) is 5. The number of hydrogen-bond donors (Lipinski definition) is 1. The predicted molar refractivity (Wildman–Crippen MR) is 128 cm³/mol. The summed E-state index contributed by atoms with van der Waals surface area (Å²) < 4.78 is 29.2. The first-order chi connectivity index (χ1) is 14.4. The number of anilines is 1. The molecule has 0 aliphatic carbocycles. The molecule has 0 radical (unpaired) electrons. The van der Waals surface area contributed by atoms with Crippen LogP contribution < -0.4 is 4.72 Å². The van der Waals surface area contributed by atoms with Crippen molar-refractivity contribution in [2.75, 3.05) is 4.72 Å². The zero-order valence-electron chi connectivity index (χ0n) is 15.2. The molecule has 0 aliphatic rings. The van der Waals surface area contributed by atoms with Crippen molar-refractivity contribution in [1.82, 2.24) is 4.98 Å². The highest BCUT2D eigenvalue weighted by atomic mass is 127. The molecule has 6 nitrogen and oxygen atoms in total. The van der Waals surface area contributed by atoms with Crippen LogP contribution in [0.1, 0.15) is 0 Å². The fourth-order valence-electron chi connectivity index (χ4n) is 3.08. The Balaban J connectivity index is 1.76. The molecule has 0 atom stereocenters. The summed E-state index contributed by atoms with van der Waals surface area (Å²) in [4.78, 5) is 15.0. The Morgan fingerprint density at radius 3 is 2.57 bits per heavy atom. The standard InChI is InChI=1S/C21H13ClIN3O3S/c22-18-12-14(25-27)6-8-20(18)30(28,29)26-15-5-7-19(23)17(11-15)21-16-4-2-1-3-13(16)9-10-24-21/h1-12,26H. The SMILES string of the molecule is O=Nc1ccc(S(=O)(=O)Nc2ccc(I)c(-c3nccc4ccccc34)c2)c(Cl)c1. The number of pyridine rings is 1. The van der Waals surface area contributed by atoms with E-state index in [1.165, 1.54) is 18.2 Å². The lowest BCUT2D eigenvalue weighted by Crippen LogP contribution is -2.13. The fraction of sp³-hybridized carbons (Fsp3) is 0. The molecule has 0 amide bonds. The van der Waals surface area contributed by atoms with Crippen molar-refractivity contribution >= 4 is 66.4 Å². The van der Waals surface area contributed by atoms with E-state index in [0.29, 0.717) is 5.69 Å². The van der Waals surface area contributed by atoms with Gasteiger partial charge in [0.2, 0.25) is 0 Å². The molecular formula is C21H13ClIN3O3S. The minimum atomic E-state index is -3.97. The summed E-state index contributed by atoms with van der Waals surface area (Å²) in [7, 11) is -3.97. The number of halogens is 2. The molecule has 0 fully saturated rings. The third-order valence-corrected chi connectivity index (χ3v) is 7.26. The highest BCUT2D eigenvalue weighted by molar-refractivity contribution is 14.1. The van der Waals surface area contributed by atoms with Gasteiger partial charge in [-0.15, -0.1) is 4.91 Å². The number of aromatic nitrogens is 1. The van der Waals surface area contributed by atoms with E-state index in [0.717, 1.165) is 25.6 Å². The average Bonchev–Trinajstić information content (AvgIpc) is 2.74. The third-order valence-electron chi connectivity index (χ3n) is 4.46. The summed E-state index contributed by atoms with van der Waals surface area (Å²) in [6.07, 6.45) is 1.73. The van der Waals surface area contributed by atoms with E-state index >= 15 is 0 Å². The normalized spacial score (nSPS) is 11.4. The fourth-order valence-corrected chi connectivity index (χ4v) is 5.26. The molecule has 1 N–H and O–H groups in total. The maximum absolute atomic E-state index is 12.8. The zero-order valence-corrected chi connectivity index (χ0v) is 18.9. The quantitative estimate of drug-likeness (QED) is 0.232. The highest BCUT2D eigenvalue weighted by Crippen LogP contribution is 2.33. The van der Waals surface area contributed by atoms with Gasteiger partial charge in [0, 0.05) is 26.4 Å². The monoisotopic (exact) mass is 549 g/mol. The second-order valence-electron chi connectivity index (χ2n) is 6.39. The Bertz CT molecular complexity index is 1390. The summed E-state index contributed by atoms with van der Waals surface area (Å²) in [5, 5.41) is 4.69. The molecular weight excluding hydrogens is 537 g/mol. The Kier molecular flexibility index (Phi) is 5.72. The predicted octanol–water partition coefficient (Wildman–Crippen LogP) is 6.36. The largest absolute Gasteiger partial charge is 0.280 e. The van der Waals surface area contributed by atoms with Crippen LogP contribution in [0.15, 0.2) is 83.0 Å². The molecule has 0 aliphatic heterocycles. The van der Waals surface area contributed by atoms with E-state index in [1.54, 1.807) is 18.3 Å². The van der Waals surface area contributed by atoms with Gasteiger partial charge in [0.25, 0.3) is 10.0 Å². The van der Waals surface area contributed by atoms with Crippen LogP contribution in [-0.4, -0.2) is 13.4 Å². The second-order valence-corrected chi connectivity index (χ2v) is 9.61.